The molecule has 0 aliphatic carbocycles. The van der Waals surface area contributed by atoms with Gasteiger partial charge in [0.2, 0.25) is 0 Å². The molecule has 2 heterocycles. The summed E-state index contributed by atoms with van der Waals surface area (Å²) in [6, 6.07) is 2.16. The summed E-state index contributed by atoms with van der Waals surface area (Å²) >= 11 is 6.96. The van der Waals surface area contributed by atoms with Gasteiger partial charge in [0.25, 0.3) is 0 Å². The van der Waals surface area contributed by atoms with Crippen molar-refractivity contribution in [2.24, 2.45) is 0 Å². The number of hydrogen-bond donors (Lipinski definition) is 1. The molecule has 0 atom stereocenters. The van der Waals surface area contributed by atoms with Crippen molar-refractivity contribution in [1.29, 1.82) is 0 Å². The van der Waals surface area contributed by atoms with Crippen molar-refractivity contribution in [2.45, 2.75) is 26.7 Å². The summed E-state index contributed by atoms with van der Waals surface area (Å²) in [5.74, 6) is 0. The lowest BCUT2D eigenvalue weighted by Gasteiger charge is -1.98. The van der Waals surface area contributed by atoms with Gasteiger partial charge in [0.1, 0.15) is 5.01 Å². The third-order valence-corrected chi connectivity index (χ3v) is 5.77. The molecule has 0 aliphatic heterocycles. The lowest BCUT2D eigenvalue weighted by atomic mass is 10.3. The van der Waals surface area contributed by atoms with E-state index >= 15 is 0 Å². The van der Waals surface area contributed by atoms with E-state index in [-0.39, 0.29) is 0 Å². The normalized spacial score (nSPS) is 11.1. The standard InChI is InChI=1S/C12H16BrN3S2/c1-3-5-14-6-4-10-15-16-12(18-10)9-7-8(2)11(13)17-9/h7,14H,3-6H2,1-2H3. The third-order valence-electron chi connectivity index (χ3n) is 2.48. The van der Waals surface area contributed by atoms with Crippen molar-refractivity contribution >= 4 is 38.6 Å². The Hall–Kier alpha value is -0.300. The molecular formula is C12H16BrN3S2. The first kappa shape index (κ1) is 14.1. The number of halogens is 1. The van der Waals surface area contributed by atoms with Crippen LogP contribution in [0.5, 0.6) is 0 Å². The molecule has 0 aliphatic rings. The number of aryl methyl sites for hydroxylation is 1. The van der Waals surface area contributed by atoms with Crippen LogP contribution in [0.25, 0.3) is 9.88 Å². The summed E-state index contributed by atoms with van der Waals surface area (Å²) in [6.07, 6.45) is 2.13. The van der Waals surface area contributed by atoms with Crippen LogP contribution in [0.4, 0.5) is 0 Å². The quantitative estimate of drug-likeness (QED) is 0.807. The van der Waals surface area contributed by atoms with E-state index in [1.807, 2.05) is 0 Å². The van der Waals surface area contributed by atoms with E-state index in [1.165, 1.54) is 20.6 Å². The molecule has 0 bridgehead atoms. The molecule has 0 radical (unpaired) electrons. The van der Waals surface area contributed by atoms with E-state index in [4.69, 9.17) is 0 Å². The molecule has 0 saturated carbocycles. The zero-order chi connectivity index (χ0) is 13.0. The Morgan fingerprint density at radius 3 is 2.78 bits per heavy atom. The number of rotatable bonds is 6. The molecule has 0 saturated heterocycles. The van der Waals surface area contributed by atoms with Crippen LogP contribution in [-0.4, -0.2) is 23.3 Å². The number of nitrogens with zero attached hydrogens (tertiary/aromatic N) is 2. The van der Waals surface area contributed by atoms with E-state index in [1.54, 1.807) is 22.7 Å². The molecule has 1 N–H and O–H groups in total. The van der Waals surface area contributed by atoms with E-state index in [9.17, 15) is 0 Å². The Balaban J connectivity index is 1.97. The molecule has 18 heavy (non-hydrogen) atoms. The van der Waals surface area contributed by atoms with E-state index < -0.39 is 0 Å². The van der Waals surface area contributed by atoms with Gasteiger partial charge in [-0.2, -0.15) is 0 Å². The Morgan fingerprint density at radius 1 is 1.28 bits per heavy atom. The molecule has 0 unspecified atom stereocenters. The molecule has 0 aromatic carbocycles. The van der Waals surface area contributed by atoms with Crippen LogP contribution >= 0.6 is 38.6 Å². The Kier molecular flexibility index (Phi) is 5.29. The van der Waals surface area contributed by atoms with Crippen molar-refractivity contribution in [1.82, 2.24) is 15.5 Å². The van der Waals surface area contributed by atoms with Crippen LogP contribution in [-0.2, 0) is 6.42 Å². The molecule has 98 valence electrons. The molecule has 0 spiro atoms. The fraction of sp³-hybridized carbons (Fsp3) is 0.500. The second-order valence-corrected chi connectivity index (χ2v) is 7.50. The summed E-state index contributed by atoms with van der Waals surface area (Å²) in [5, 5.41) is 14.0. The first-order valence-electron chi connectivity index (χ1n) is 6.00. The summed E-state index contributed by atoms with van der Waals surface area (Å²) < 4.78 is 1.18. The number of thiophene rings is 1. The fourth-order valence-corrected chi connectivity index (χ4v) is 3.93. The summed E-state index contributed by atoms with van der Waals surface area (Å²) in [6.45, 7) is 6.33. The van der Waals surface area contributed by atoms with E-state index in [0.717, 1.165) is 29.5 Å². The van der Waals surface area contributed by atoms with E-state index in [2.05, 4.69) is 51.4 Å². The molecule has 2 aromatic heterocycles. The zero-order valence-electron chi connectivity index (χ0n) is 10.5. The predicted octanol–water partition coefficient (Wildman–Crippen LogP) is 3.88. The minimum Gasteiger partial charge on any atom is -0.316 e. The van der Waals surface area contributed by atoms with Crippen LogP contribution in [0.1, 0.15) is 23.9 Å². The van der Waals surface area contributed by atoms with Gasteiger partial charge in [-0.3, -0.25) is 0 Å². The van der Waals surface area contributed by atoms with Crippen molar-refractivity contribution in [3.8, 4) is 9.88 Å². The second-order valence-electron chi connectivity index (χ2n) is 4.07. The Bertz CT molecular complexity index is 488. The lowest BCUT2D eigenvalue weighted by Crippen LogP contribution is -2.17. The van der Waals surface area contributed by atoms with Gasteiger partial charge in [-0.05, 0) is 47.4 Å². The lowest BCUT2D eigenvalue weighted by molar-refractivity contribution is 0.668. The summed E-state index contributed by atoms with van der Waals surface area (Å²) in [4.78, 5) is 1.20. The van der Waals surface area contributed by atoms with Crippen molar-refractivity contribution in [3.05, 3.63) is 20.4 Å². The molecule has 2 rings (SSSR count). The molecular weight excluding hydrogens is 330 g/mol. The van der Waals surface area contributed by atoms with Gasteiger partial charge < -0.3 is 5.32 Å². The maximum atomic E-state index is 4.27. The molecule has 0 amide bonds. The van der Waals surface area contributed by atoms with Gasteiger partial charge in [0.15, 0.2) is 5.01 Å². The number of hydrogen-bond acceptors (Lipinski definition) is 5. The van der Waals surface area contributed by atoms with Gasteiger partial charge in [0.05, 0.1) is 8.66 Å². The third kappa shape index (κ3) is 3.60. The highest BCUT2D eigenvalue weighted by molar-refractivity contribution is 9.11. The highest BCUT2D eigenvalue weighted by atomic mass is 79.9. The van der Waals surface area contributed by atoms with E-state index in [0.29, 0.717) is 0 Å². The van der Waals surface area contributed by atoms with Crippen LogP contribution in [0.2, 0.25) is 0 Å². The Labute approximate surface area is 124 Å². The first-order chi connectivity index (χ1) is 8.70. The van der Waals surface area contributed by atoms with Crippen molar-refractivity contribution in [3.63, 3.8) is 0 Å². The topological polar surface area (TPSA) is 37.8 Å². The fourth-order valence-electron chi connectivity index (χ4n) is 1.52. The highest BCUT2D eigenvalue weighted by Gasteiger charge is 2.10. The summed E-state index contributed by atoms with van der Waals surface area (Å²) in [7, 11) is 0. The first-order valence-corrected chi connectivity index (χ1v) is 8.42. The van der Waals surface area contributed by atoms with Crippen molar-refractivity contribution in [2.75, 3.05) is 13.1 Å². The Morgan fingerprint density at radius 2 is 2.11 bits per heavy atom. The van der Waals surface area contributed by atoms with Crippen LogP contribution in [0, 0.1) is 6.92 Å². The largest absolute Gasteiger partial charge is 0.316 e. The molecule has 0 fully saturated rings. The molecule has 6 heteroatoms. The minimum atomic E-state index is 0.962. The van der Waals surface area contributed by atoms with Gasteiger partial charge >= 0.3 is 0 Å². The average Bonchev–Trinajstić information content (AvgIpc) is 2.93. The summed E-state index contributed by atoms with van der Waals surface area (Å²) in [5.41, 5.74) is 1.26. The van der Waals surface area contributed by atoms with Gasteiger partial charge in [-0.1, -0.05) is 18.3 Å². The SMILES string of the molecule is CCCNCCc1nnc(-c2cc(C)c(Br)s2)s1. The second kappa shape index (κ2) is 6.75. The van der Waals surface area contributed by atoms with Gasteiger partial charge in [-0.15, -0.1) is 21.5 Å². The van der Waals surface area contributed by atoms with Gasteiger partial charge in [0, 0.05) is 13.0 Å². The zero-order valence-corrected chi connectivity index (χ0v) is 13.7. The predicted molar refractivity (Wildman–Crippen MR) is 82.5 cm³/mol. The number of nitrogens with one attached hydrogen (secondary N) is 1. The highest BCUT2D eigenvalue weighted by Crippen LogP contribution is 2.35. The van der Waals surface area contributed by atoms with Crippen LogP contribution in [0.3, 0.4) is 0 Å². The maximum absolute atomic E-state index is 4.27. The molecule has 2 aromatic rings. The van der Waals surface area contributed by atoms with Crippen molar-refractivity contribution < 1.29 is 0 Å². The maximum Gasteiger partial charge on any atom is 0.157 e. The minimum absolute atomic E-state index is 0.962. The average molecular weight is 346 g/mol. The van der Waals surface area contributed by atoms with Crippen LogP contribution in [0.15, 0.2) is 9.85 Å². The van der Waals surface area contributed by atoms with Gasteiger partial charge in [-0.25, -0.2) is 0 Å². The molecule has 3 nitrogen and oxygen atoms in total. The monoisotopic (exact) mass is 345 g/mol. The number of aromatic nitrogens is 2. The van der Waals surface area contributed by atoms with Crippen LogP contribution < -0.4 is 5.32 Å². The smallest absolute Gasteiger partial charge is 0.157 e.